The molecule has 6 aliphatic heterocycles. The second-order valence-electron chi connectivity index (χ2n) is 40.4. The molecule has 0 aromatic heterocycles. The zero-order valence-corrected chi connectivity index (χ0v) is 77.7. The lowest BCUT2D eigenvalue weighted by Crippen LogP contribution is -2.62. The summed E-state index contributed by atoms with van der Waals surface area (Å²) in [4.78, 5) is 110. The van der Waals surface area contributed by atoms with Gasteiger partial charge in [-0.2, -0.15) is 15.2 Å². The van der Waals surface area contributed by atoms with Crippen LogP contribution in [0.2, 0.25) is 0 Å². The van der Waals surface area contributed by atoms with Gasteiger partial charge >= 0.3 is 17.4 Å². The highest BCUT2D eigenvalue weighted by Gasteiger charge is 2.61. The Kier molecular flexibility index (Phi) is 31.5. The Morgan fingerprint density at radius 2 is 0.702 bits per heavy atom. The molecule has 3 aromatic carbocycles. The fourth-order valence-corrected chi connectivity index (χ4v) is 23.3. The average molecular weight is 1750 g/mol. The molecule has 18 rings (SSSR count). The molecule has 24 atom stereocenters. The molecular formula is C93H148ClN15O15. The van der Waals surface area contributed by atoms with E-state index < -0.39 is 77.9 Å². The number of fused-ring (bicyclic) bond motifs is 6. The standard InChI is InChI=1S/2C31H49N5O5.C28H44N4O4.C3H6ClNO/c2*1-19-24-15-22(31(24,3)4)16-25(19)32-29(39)28-27(20(2)38)26(18-37)41-36(28)17-21-8-7-9-23(14-21)34-10-12-35(13-11-34)30(40)33(5)6;1-17-22-13-20(28(22,3)4)14-23(17)30-27(35)26-25(18(2)34)24(16-33)36-32(26)15-19-6-5-7-21(12-19)31-10-8-29-9-11-31;1-5(2)3(4)6/h2*7-9,14,19-20,22,24-28,37-38H,10-13,15-18H2,1-6H3,(H,32,39);5-7,12,17-18,20,22-26,29,33-34H,8-11,13-16H2,1-4H3,(H,30,35);1-2H3/t2*19-,20-,22+,24-,25?,26-,27+,28-;17-,18-,20+,22-,23?,24-,25+,26-;/m000./s1. The van der Waals surface area contributed by atoms with E-state index in [1.54, 1.807) is 88.0 Å². The summed E-state index contributed by atoms with van der Waals surface area (Å²) in [6.45, 7) is 35.7. The predicted octanol–water partition coefficient (Wildman–Crippen LogP) is 6.97. The molecular weight excluding hydrogens is 1600 g/mol. The van der Waals surface area contributed by atoms with Crippen molar-refractivity contribution in [1.29, 1.82) is 0 Å². The van der Waals surface area contributed by atoms with Gasteiger partial charge in [0.05, 0.1) is 57.8 Å². The number of halogens is 1. The van der Waals surface area contributed by atoms with Crippen LogP contribution < -0.4 is 36.0 Å². The summed E-state index contributed by atoms with van der Waals surface area (Å²) < 4.78 is 0. The van der Waals surface area contributed by atoms with E-state index >= 15 is 0 Å². The Bertz CT molecular complexity index is 3930. The SMILES string of the molecule is CN(C)C(=O)Cl.C[C@H](O)[C@@H]1[C@H](CO)ON(Cc2cccc(N3CCN(C(=O)N(C)C)CC3)c2)[C@@H]1C(=O)NC1C[C@H]2C[C@@H]([C@@H]1C)C2(C)C.C[C@H](O)[C@@H]1[C@H](CO)ON(Cc2cccc(N3CCN(C(=O)N(C)C)CC3)c2)[C@@H]1C(=O)NC1C[C@H]2C[C@@H]([C@@H]1C)C2(C)C.C[C@H](O)[C@@H]1[C@H](CO)ON(Cc2cccc(N3CCNCC3)c2)[C@@H]1C(=O)NC1C[C@H]2C[C@@H]([C@@H]1C)C2(C)C. The van der Waals surface area contributed by atoms with E-state index in [9.17, 15) is 59.4 Å². The molecule has 0 spiro atoms. The maximum atomic E-state index is 13.9. The molecule has 3 aromatic rings. The number of hydroxylamine groups is 6. The number of carbonyl (C=O) groups excluding carboxylic acids is 6. The molecule has 9 aliphatic carbocycles. The number of hydrogen-bond acceptors (Lipinski definition) is 22. The number of benzene rings is 3. The summed E-state index contributed by atoms with van der Waals surface area (Å²) in [6, 6.07) is 23.0. The van der Waals surface area contributed by atoms with Gasteiger partial charge in [-0.25, -0.2) is 9.59 Å². The Hall–Kier alpha value is -6.75. The number of aliphatic hydroxyl groups is 6. The van der Waals surface area contributed by atoms with Gasteiger partial charge in [0.25, 0.3) is 0 Å². The summed E-state index contributed by atoms with van der Waals surface area (Å²) in [7, 11) is 10.3. The third-order valence-electron chi connectivity index (χ3n) is 31.4. The van der Waals surface area contributed by atoms with Crippen LogP contribution >= 0.6 is 11.6 Å². The van der Waals surface area contributed by atoms with Crippen molar-refractivity contribution in [3.05, 3.63) is 89.5 Å². The highest BCUT2D eigenvalue weighted by molar-refractivity contribution is 6.62. The van der Waals surface area contributed by atoms with Gasteiger partial charge in [0.2, 0.25) is 17.7 Å². The molecule has 6 heterocycles. The van der Waals surface area contributed by atoms with Gasteiger partial charge in [-0.1, -0.05) is 98.7 Å². The number of amides is 8. The summed E-state index contributed by atoms with van der Waals surface area (Å²) in [6.07, 6.45) is 2.31. The van der Waals surface area contributed by atoms with E-state index in [4.69, 9.17) is 26.1 Å². The minimum absolute atomic E-state index is 0.0309. The van der Waals surface area contributed by atoms with Crippen molar-refractivity contribution < 1.29 is 73.9 Å². The van der Waals surface area contributed by atoms with Crippen LogP contribution in [0.25, 0.3) is 0 Å². The summed E-state index contributed by atoms with van der Waals surface area (Å²) in [5.41, 5.74) is 7.28. The molecule has 6 bridgehead atoms. The van der Waals surface area contributed by atoms with E-state index in [2.05, 4.69) is 135 Å². The second kappa shape index (κ2) is 40.5. The van der Waals surface area contributed by atoms with Crippen LogP contribution in [0.3, 0.4) is 0 Å². The van der Waals surface area contributed by atoms with Gasteiger partial charge in [0, 0.05) is 174 Å². The average Bonchev–Trinajstić information content (AvgIpc) is 0.822. The fraction of sp³-hybridized carbons (Fsp3) is 0.742. The molecule has 31 heteroatoms. The topological polar surface area (TPSA) is 335 Å². The monoisotopic (exact) mass is 1750 g/mol. The first-order valence-corrected chi connectivity index (χ1v) is 46.2. The maximum absolute atomic E-state index is 13.9. The minimum Gasteiger partial charge on any atom is -0.394 e. The lowest BCUT2D eigenvalue weighted by molar-refractivity contribution is -0.183. The summed E-state index contributed by atoms with van der Waals surface area (Å²) >= 11 is 4.90. The molecule has 692 valence electrons. The van der Waals surface area contributed by atoms with Gasteiger partial charge in [-0.15, -0.1) is 0 Å². The molecule has 6 saturated heterocycles. The van der Waals surface area contributed by atoms with Gasteiger partial charge in [0.15, 0.2) is 0 Å². The first-order chi connectivity index (χ1) is 58.7. The van der Waals surface area contributed by atoms with Gasteiger partial charge < -0.3 is 91.1 Å². The molecule has 15 fully saturated rings. The molecule has 8 amide bonds. The van der Waals surface area contributed by atoms with E-state index in [0.29, 0.717) is 115 Å². The van der Waals surface area contributed by atoms with Crippen molar-refractivity contribution in [2.75, 3.05) is 155 Å². The van der Waals surface area contributed by atoms with Gasteiger partial charge in [-0.05, 0) is 193 Å². The van der Waals surface area contributed by atoms with Gasteiger partial charge in [0.1, 0.15) is 36.4 Å². The van der Waals surface area contributed by atoms with Crippen molar-refractivity contribution in [2.45, 2.75) is 214 Å². The molecule has 15 aliphatic rings. The van der Waals surface area contributed by atoms with Crippen LogP contribution in [-0.2, 0) is 48.5 Å². The Labute approximate surface area is 741 Å². The van der Waals surface area contributed by atoms with Crippen molar-refractivity contribution in [2.24, 2.45) is 87.3 Å². The quantitative estimate of drug-likeness (QED) is 0.0380. The van der Waals surface area contributed by atoms with Crippen LogP contribution in [0.1, 0.15) is 138 Å². The predicted molar refractivity (Wildman–Crippen MR) is 478 cm³/mol. The number of anilines is 3. The zero-order chi connectivity index (χ0) is 90.0. The smallest absolute Gasteiger partial charge is 0.319 e. The molecule has 124 heavy (non-hydrogen) atoms. The maximum Gasteiger partial charge on any atom is 0.319 e. The number of carbonyl (C=O) groups is 6. The highest BCUT2D eigenvalue weighted by Crippen LogP contribution is 2.63. The first kappa shape index (κ1) is 96.3. The Morgan fingerprint density at radius 3 is 0.927 bits per heavy atom. The summed E-state index contributed by atoms with van der Waals surface area (Å²) in [5.74, 6) is 2.93. The normalized spacial score (nSPS) is 33.4. The number of aliphatic hydroxyl groups excluding tert-OH is 6. The highest BCUT2D eigenvalue weighted by atomic mass is 35.5. The first-order valence-electron chi connectivity index (χ1n) is 45.8. The van der Waals surface area contributed by atoms with Crippen LogP contribution in [0.15, 0.2) is 72.8 Å². The molecule has 3 unspecified atom stereocenters. The van der Waals surface area contributed by atoms with E-state index in [-0.39, 0.29) is 67.7 Å². The van der Waals surface area contributed by atoms with E-state index in [1.165, 1.54) is 24.2 Å². The Balaban J connectivity index is 0.000000164. The number of nitrogens with zero attached hydrogens (tertiary/aromatic N) is 11. The fourth-order valence-electron chi connectivity index (χ4n) is 23.3. The third kappa shape index (κ3) is 20.8. The minimum atomic E-state index is -0.823. The van der Waals surface area contributed by atoms with Crippen LogP contribution in [-0.4, -0.2) is 319 Å². The van der Waals surface area contributed by atoms with Crippen molar-refractivity contribution in [3.8, 4) is 0 Å². The number of nitrogens with one attached hydrogen (secondary N) is 4. The molecule has 9 saturated carbocycles. The number of rotatable bonds is 21. The van der Waals surface area contributed by atoms with Gasteiger partial charge in [-0.3, -0.25) is 33.7 Å². The largest absolute Gasteiger partial charge is 0.394 e. The number of hydrogen-bond donors (Lipinski definition) is 10. The van der Waals surface area contributed by atoms with E-state index in [0.717, 1.165) is 105 Å². The van der Waals surface area contributed by atoms with Crippen LogP contribution in [0.5, 0.6) is 0 Å². The van der Waals surface area contributed by atoms with Crippen molar-refractivity contribution in [3.63, 3.8) is 0 Å². The van der Waals surface area contributed by atoms with Crippen molar-refractivity contribution in [1.82, 2.24) is 61.0 Å². The lowest BCUT2D eigenvalue weighted by Gasteiger charge is -2.62. The second-order valence-corrected chi connectivity index (χ2v) is 40.7. The zero-order valence-electron chi connectivity index (χ0n) is 76.9. The summed E-state index contributed by atoms with van der Waals surface area (Å²) in [5, 5.41) is 80.3. The Morgan fingerprint density at radius 1 is 0.435 bits per heavy atom. The van der Waals surface area contributed by atoms with Crippen LogP contribution in [0.4, 0.5) is 31.4 Å². The third-order valence-corrected chi connectivity index (χ3v) is 31.7. The van der Waals surface area contributed by atoms with Crippen molar-refractivity contribution >= 4 is 63.8 Å². The lowest BCUT2D eigenvalue weighted by atomic mass is 9.45. The molecule has 10 N–H and O–H groups in total. The van der Waals surface area contributed by atoms with Crippen LogP contribution in [0, 0.1) is 87.3 Å². The number of piperazine rings is 3. The molecule has 30 nitrogen and oxygen atoms in total. The molecule has 0 radical (unpaired) electrons. The van der Waals surface area contributed by atoms with E-state index in [1.807, 2.05) is 46.2 Å². The number of urea groups is 2.